The van der Waals surface area contributed by atoms with E-state index in [1.165, 1.54) is 7.11 Å². The van der Waals surface area contributed by atoms with Crippen molar-refractivity contribution in [3.8, 4) is 0 Å². The van der Waals surface area contributed by atoms with Gasteiger partial charge in [0.2, 0.25) is 0 Å². The molecule has 0 heterocycles. The molecule has 25 heavy (non-hydrogen) atoms. The lowest BCUT2D eigenvalue weighted by molar-refractivity contribution is 0.166. The van der Waals surface area contributed by atoms with Crippen LogP contribution in [0.5, 0.6) is 0 Å². The Morgan fingerprint density at radius 2 is 1.92 bits per heavy atom. The number of ether oxygens (including phenoxy) is 1. The summed E-state index contributed by atoms with van der Waals surface area (Å²) in [7, 11) is -2.13. The number of hydrogen-bond acceptors (Lipinski definition) is 4. The van der Waals surface area contributed by atoms with E-state index >= 15 is 0 Å². The fraction of sp³-hybridized carbons (Fsp3) is 0.278. The van der Waals surface area contributed by atoms with Crippen LogP contribution in [0.4, 0.5) is 0 Å². The molecule has 3 unspecified atom stereocenters. The van der Waals surface area contributed by atoms with Crippen molar-refractivity contribution in [3.05, 3.63) is 65.2 Å². The van der Waals surface area contributed by atoms with Crippen molar-refractivity contribution in [1.29, 1.82) is 0 Å². The molecule has 3 atom stereocenters. The topological polar surface area (TPSA) is 69.4 Å². The number of sulfone groups is 1. The van der Waals surface area contributed by atoms with Crippen molar-refractivity contribution in [2.24, 2.45) is 11.1 Å². The number of nitrogens with two attached hydrogens (primary N) is 1. The smallest absolute Gasteiger partial charge is 0.182 e. The van der Waals surface area contributed by atoms with E-state index in [0.29, 0.717) is 5.02 Å². The first-order valence-electron chi connectivity index (χ1n) is 7.69. The van der Waals surface area contributed by atoms with Crippen LogP contribution in [0.25, 0.3) is 0 Å². The molecule has 0 aromatic heterocycles. The van der Waals surface area contributed by atoms with Gasteiger partial charge in [0.05, 0.1) is 27.2 Å². The van der Waals surface area contributed by atoms with Gasteiger partial charge in [-0.2, -0.15) is 0 Å². The van der Waals surface area contributed by atoms with Crippen molar-refractivity contribution in [1.82, 2.24) is 0 Å². The zero-order valence-electron chi connectivity index (χ0n) is 13.6. The molecule has 3 rings (SSSR count). The Balaban J connectivity index is 2.14. The molecule has 0 bridgehead atoms. The predicted molar refractivity (Wildman–Crippen MR) is 103 cm³/mol. The Hall–Kier alpha value is -1.47. The van der Waals surface area contributed by atoms with Crippen LogP contribution in [0, 0.1) is 5.41 Å². The van der Waals surface area contributed by atoms with Gasteiger partial charge in [0, 0.05) is 18.1 Å². The quantitative estimate of drug-likeness (QED) is 0.760. The van der Waals surface area contributed by atoms with Gasteiger partial charge < -0.3 is 10.5 Å². The molecule has 1 saturated carbocycles. The van der Waals surface area contributed by atoms with E-state index in [1.807, 2.05) is 6.07 Å². The highest BCUT2D eigenvalue weighted by Gasteiger charge is 2.73. The number of rotatable bonds is 6. The Labute approximate surface area is 157 Å². The van der Waals surface area contributed by atoms with E-state index in [-0.39, 0.29) is 16.5 Å². The number of hydrogen-bond donors (Lipinski definition) is 1. The van der Waals surface area contributed by atoms with Gasteiger partial charge in [-0.05, 0) is 29.8 Å². The average molecular weight is 396 g/mol. The zero-order chi connectivity index (χ0) is 18.2. The Bertz CT molecular complexity index is 902. The summed E-state index contributed by atoms with van der Waals surface area (Å²) in [6.45, 7) is 0.135. The van der Waals surface area contributed by atoms with Crippen LogP contribution < -0.4 is 5.73 Å². The fourth-order valence-electron chi connectivity index (χ4n) is 3.57. The third-order valence-electron chi connectivity index (χ3n) is 4.71. The Morgan fingerprint density at radius 3 is 2.48 bits per heavy atom. The van der Waals surface area contributed by atoms with Gasteiger partial charge in [0.25, 0.3) is 0 Å². The summed E-state index contributed by atoms with van der Waals surface area (Å²) in [5.41, 5.74) is 5.86. The summed E-state index contributed by atoms with van der Waals surface area (Å²) in [5, 5.41) is -0.243. The first kappa shape index (κ1) is 18.3. The molecule has 1 fully saturated rings. The van der Waals surface area contributed by atoms with E-state index in [1.54, 1.807) is 48.5 Å². The van der Waals surface area contributed by atoms with Crippen molar-refractivity contribution < 1.29 is 13.2 Å². The highest BCUT2D eigenvalue weighted by atomic mass is 35.5. The molecule has 1 aliphatic carbocycles. The van der Waals surface area contributed by atoms with Gasteiger partial charge >= 0.3 is 0 Å². The van der Waals surface area contributed by atoms with Gasteiger partial charge in [-0.1, -0.05) is 54.2 Å². The van der Waals surface area contributed by atoms with Crippen molar-refractivity contribution >= 4 is 38.6 Å². The summed E-state index contributed by atoms with van der Waals surface area (Å²) in [4.78, 5) is 0.394. The molecule has 0 spiro atoms. The van der Waals surface area contributed by atoms with Crippen molar-refractivity contribution in [3.63, 3.8) is 0 Å². The van der Waals surface area contributed by atoms with Crippen LogP contribution in [-0.2, 0) is 14.6 Å². The second-order valence-corrected chi connectivity index (χ2v) is 9.09. The van der Waals surface area contributed by atoms with E-state index in [0.717, 1.165) is 5.56 Å². The average Bonchev–Trinajstić information content (AvgIpc) is 3.27. The molecule has 0 saturated heterocycles. The monoisotopic (exact) mass is 395 g/mol. The standard InChI is InChI=1S/C18H18ClNO3S2/c1-23-11-18(17(20)24)15(12-6-5-7-13(19)10-12)16(18)25(21,22)14-8-3-2-4-9-14/h2-10,15-16H,11H2,1H3,(H2,20,24). The lowest BCUT2D eigenvalue weighted by Gasteiger charge is -2.16. The van der Waals surface area contributed by atoms with E-state index < -0.39 is 26.4 Å². The van der Waals surface area contributed by atoms with Crippen LogP contribution in [-0.4, -0.2) is 32.4 Å². The third kappa shape index (κ3) is 2.97. The van der Waals surface area contributed by atoms with Gasteiger partial charge in [-0.15, -0.1) is 0 Å². The number of thiocarbonyl (C=S) groups is 1. The molecule has 132 valence electrons. The predicted octanol–water partition coefficient (Wildman–Crippen LogP) is 3.20. The number of halogens is 1. The molecule has 2 N–H and O–H groups in total. The molecule has 1 aliphatic rings. The van der Waals surface area contributed by atoms with Crippen LogP contribution in [0.3, 0.4) is 0 Å². The highest BCUT2D eigenvalue weighted by Crippen LogP contribution is 2.64. The zero-order valence-corrected chi connectivity index (χ0v) is 15.9. The van der Waals surface area contributed by atoms with E-state index in [9.17, 15) is 8.42 Å². The molecule has 0 aliphatic heterocycles. The van der Waals surface area contributed by atoms with Crippen LogP contribution >= 0.6 is 23.8 Å². The maximum absolute atomic E-state index is 13.3. The molecule has 4 nitrogen and oxygen atoms in total. The summed E-state index contributed by atoms with van der Waals surface area (Å²) < 4.78 is 31.8. The summed E-state index contributed by atoms with van der Waals surface area (Å²) >= 11 is 11.4. The normalized spacial score (nSPS) is 25.5. The molecular formula is C18H18ClNO3S2. The molecule has 0 radical (unpaired) electrons. The maximum atomic E-state index is 13.3. The first-order chi connectivity index (χ1) is 11.9. The van der Waals surface area contributed by atoms with Crippen molar-refractivity contribution in [2.75, 3.05) is 13.7 Å². The van der Waals surface area contributed by atoms with Gasteiger partial charge in [0.1, 0.15) is 0 Å². The molecule has 2 aromatic rings. The van der Waals surface area contributed by atoms with Crippen LogP contribution in [0.15, 0.2) is 59.5 Å². The van der Waals surface area contributed by atoms with Gasteiger partial charge in [0.15, 0.2) is 9.84 Å². The van der Waals surface area contributed by atoms with E-state index in [4.69, 9.17) is 34.3 Å². The Morgan fingerprint density at radius 1 is 1.24 bits per heavy atom. The minimum Gasteiger partial charge on any atom is -0.393 e. The number of benzene rings is 2. The number of methoxy groups -OCH3 is 1. The van der Waals surface area contributed by atoms with Crippen LogP contribution in [0.2, 0.25) is 5.02 Å². The minimum absolute atomic E-state index is 0.135. The van der Waals surface area contributed by atoms with Gasteiger partial charge in [-0.3, -0.25) is 0 Å². The maximum Gasteiger partial charge on any atom is 0.182 e. The summed E-state index contributed by atoms with van der Waals surface area (Å²) in [5.74, 6) is -0.395. The van der Waals surface area contributed by atoms with Crippen LogP contribution in [0.1, 0.15) is 11.5 Å². The SMILES string of the molecule is COCC1(C(N)=S)C(c2cccc(Cl)c2)C1S(=O)(=O)c1ccccc1. The second kappa shape index (κ2) is 6.68. The molecule has 0 amide bonds. The minimum atomic E-state index is -3.64. The molecule has 7 heteroatoms. The highest BCUT2D eigenvalue weighted by molar-refractivity contribution is 7.92. The van der Waals surface area contributed by atoms with Gasteiger partial charge in [-0.25, -0.2) is 8.42 Å². The fourth-order valence-corrected chi connectivity index (χ4v) is 6.56. The molecule has 2 aromatic carbocycles. The third-order valence-corrected chi connectivity index (χ3v) is 7.62. The summed E-state index contributed by atoms with van der Waals surface area (Å²) in [6, 6.07) is 15.5. The second-order valence-electron chi connectivity index (χ2n) is 6.15. The van der Waals surface area contributed by atoms with E-state index in [2.05, 4.69) is 0 Å². The summed E-state index contributed by atoms with van der Waals surface area (Å²) in [6.07, 6.45) is 0. The lowest BCUT2D eigenvalue weighted by Crippen LogP contribution is -2.33. The Kier molecular flexibility index (Phi) is 4.90. The lowest BCUT2D eigenvalue weighted by atomic mass is 10.00. The first-order valence-corrected chi connectivity index (χ1v) is 10.0. The van der Waals surface area contributed by atoms with Crippen molar-refractivity contribution in [2.45, 2.75) is 16.1 Å². The molecular weight excluding hydrogens is 378 g/mol. The largest absolute Gasteiger partial charge is 0.393 e.